The van der Waals surface area contributed by atoms with Gasteiger partial charge in [-0.3, -0.25) is 19.5 Å². The van der Waals surface area contributed by atoms with Gasteiger partial charge < -0.3 is 9.64 Å². The molecule has 0 aliphatic carbocycles. The third-order valence-electron chi connectivity index (χ3n) is 3.73. The zero-order chi connectivity index (χ0) is 17.1. The summed E-state index contributed by atoms with van der Waals surface area (Å²) in [5, 5.41) is 0.480. The summed E-state index contributed by atoms with van der Waals surface area (Å²) >= 11 is 6.00. The molecule has 7 heteroatoms. The minimum Gasteiger partial charge on any atom is -0.482 e. The van der Waals surface area contributed by atoms with Crippen LogP contribution in [0.2, 0.25) is 5.02 Å². The Bertz CT molecular complexity index is 767. The lowest BCUT2D eigenvalue weighted by atomic mass is 10.2. The van der Waals surface area contributed by atoms with Gasteiger partial charge in [-0.05, 0) is 29.8 Å². The number of carbonyl (C=O) groups excluding carboxylic acids is 2. The predicted octanol–water partition coefficient (Wildman–Crippen LogP) is 2.12. The standard InChI is InChI=1S/C17H16ClN3O3/c1-20(9-12-3-2-6-19-8-12)16(22)10-21-14-7-13(18)4-5-15(14)24-11-17(21)23/h2-8H,9-11H2,1H3. The Kier molecular flexibility index (Phi) is 4.66. The molecule has 3 rings (SSSR count). The van der Waals surface area contributed by atoms with Crippen molar-refractivity contribution < 1.29 is 14.3 Å². The Morgan fingerprint density at radius 1 is 1.42 bits per heavy atom. The van der Waals surface area contributed by atoms with Crippen LogP contribution in [0, 0.1) is 0 Å². The van der Waals surface area contributed by atoms with Crippen LogP contribution in [-0.4, -0.2) is 41.9 Å². The fourth-order valence-corrected chi connectivity index (χ4v) is 2.62. The van der Waals surface area contributed by atoms with Gasteiger partial charge in [-0.1, -0.05) is 17.7 Å². The molecule has 0 radical (unpaired) electrons. The van der Waals surface area contributed by atoms with Gasteiger partial charge in [0.1, 0.15) is 12.3 Å². The molecule has 0 saturated carbocycles. The number of halogens is 1. The van der Waals surface area contributed by atoms with Crippen LogP contribution in [0.5, 0.6) is 5.75 Å². The molecular weight excluding hydrogens is 330 g/mol. The van der Waals surface area contributed by atoms with E-state index in [9.17, 15) is 9.59 Å². The molecule has 0 fully saturated rings. The number of pyridine rings is 1. The highest BCUT2D eigenvalue weighted by Crippen LogP contribution is 2.34. The first-order chi connectivity index (χ1) is 11.5. The summed E-state index contributed by atoms with van der Waals surface area (Å²) in [6.07, 6.45) is 3.39. The molecule has 0 saturated heterocycles. The van der Waals surface area contributed by atoms with Crippen LogP contribution in [-0.2, 0) is 16.1 Å². The highest BCUT2D eigenvalue weighted by atomic mass is 35.5. The summed E-state index contributed by atoms with van der Waals surface area (Å²) < 4.78 is 5.38. The van der Waals surface area contributed by atoms with E-state index in [-0.39, 0.29) is 25.0 Å². The largest absolute Gasteiger partial charge is 0.482 e. The molecule has 2 amide bonds. The van der Waals surface area contributed by atoms with Gasteiger partial charge in [-0.2, -0.15) is 0 Å². The Hall–Kier alpha value is -2.60. The van der Waals surface area contributed by atoms with E-state index in [4.69, 9.17) is 16.3 Å². The number of nitrogens with zero attached hydrogens (tertiary/aromatic N) is 3. The summed E-state index contributed by atoms with van der Waals surface area (Å²) in [4.78, 5) is 31.7. The van der Waals surface area contributed by atoms with Gasteiger partial charge in [-0.15, -0.1) is 0 Å². The number of fused-ring (bicyclic) bond motifs is 1. The number of anilines is 1. The summed E-state index contributed by atoms with van der Waals surface area (Å²) in [6, 6.07) is 8.72. The van der Waals surface area contributed by atoms with Crippen LogP contribution < -0.4 is 9.64 Å². The van der Waals surface area contributed by atoms with Gasteiger partial charge >= 0.3 is 0 Å². The molecule has 6 nitrogen and oxygen atoms in total. The quantitative estimate of drug-likeness (QED) is 0.851. The Balaban J connectivity index is 1.74. The van der Waals surface area contributed by atoms with Crippen molar-refractivity contribution in [1.29, 1.82) is 0 Å². The van der Waals surface area contributed by atoms with E-state index in [2.05, 4.69) is 4.98 Å². The fourth-order valence-electron chi connectivity index (χ4n) is 2.46. The molecule has 2 heterocycles. The third-order valence-corrected chi connectivity index (χ3v) is 3.96. The Labute approximate surface area is 144 Å². The number of carbonyl (C=O) groups is 2. The van der Waals surface area contributed by atoms with Crippen molar-refractivity contribution in [1.82, 2.24) is 9.88 Å². The molecule has 24 heavy (non-hydrogen) atoms. The second-order valence-electron chi connectivity index (χ2n) is 5.49. The molecule has 1 aliphatic rings. The lowest BCUT2D eigenvalue weighted by Gasteiger charge is -2.30. The average molecular weight is 346 g/mol. The van der Waals surface area contributed by atoms with Crippen molar-refractivity contribution in [2.45, 2.75) is 6.54 Å². The summed E-state index contributed by atoms with van der Waals surface area (Å²) in [5.74, 6) is 0.0923. The normalized spacial score (nSPS) is 13.2. The zero-order valence-corrected chi connectivity index (χ0v) is 13.9. The number of amides is 2. The van der Waals surface area contributed by atoms with Gasteiger partial charge in [0.05, 0.1) is 5.69 Å². The second-order valence-corrected chi connectivity index (χ2v) is 5.93. The maximum atomic E-state index is 12.5. The second kappa shape index (κ2) is 6.88. The Morgan fingerprint density at radius 3 is 3.00 bits per heavy atom. The number of ether oxygens (including phenoxy) is 1. The molecule has 0 atom stereocenters. The van der Waals surface area contributed by atoms with Gasteiger partial charge in [-0.25, -0.2) is 0 Å². The minimum atomic E-state index is -0.270. The average Bonchev–Trinajstić information content (AvgIpc) is 2.58. The van der Waals surface area contributed by atoms with Gasteiger partial charge in [0.15, 0.2) is 6.61 Å². The maximum absolute atomic E-state index is 12.5. The molecule has 0 unspecified atom stereocenters. The first kappa shape index (κ1) is 16.3. The topological polar surface area (TPSA) is 62.7 Å². The highest BCUT2D eigenvalue weighted by Gasteiger charge is 2.28. The van der Waals surface area contributed by atoms with Crippen molar-refractivity contribution in [2.75, 3.05) is 25.1 Å². The van der Waals surface area contributed by atoms with Crippen molar-refractivity contribution in [3.05, 3.63) is 53.3 Å². The summed E-state index contributed by atoms with van der Waals surface area (Å²) in [7, 11) is 1.69. The number of rotatable bonds is 4. The smallest absolute Gasteiger partial charge is 0.265 e. The van der Waals surface area contributed by atoms with Crippen molar-refractivity contribution in [3.63, 3.8) is 0 Å². The van der Waals surface area contributed by atoms with Gasteiger partial charge in [0.25, 0.3) is 5.91 Å². The number of aromatic nitrogens is 1. The number of hydrogen-bond acceptors (Lipinski definition) is 4. The first-order valence-corrected chi connectivity index (χ1v) is 7.78. The molecule has 1 aliphatic heterocycles. The fraction of sp³-hybridized carbons (Fsp3) is 0.235. The van der Waals surface area contributed by atoms with Crippen molar-refractivity contribution in [3.8, 4) is 5.75 Å². The van der Waals surface area contributed by atoms with E-state index >= 15 is 0 Å². The molecule has 2 aromatic rings. The van der Waals surface area contributed by atoms with Crippen LogP contribution >= 0.6 is 11.6 Å². The van der Waals surface area contributed by atoms with Crippen LogP contribution in [0.3, 0.4) is 0 Å². The zero-order valence-electron chi connectivity index (χ0n) is 13.1. The van der Waals surface area contributed by atoms with Crippen LogP contribution in [0.25, 0.3) is 0 Å². The van der Waals surface area contributed by atoms with E-state index in [0.29, 0.717) is 23.0 Å². The lowest BCUT2D eigenvalue weighted by Crippen LogP contribution is -2.45. The minimum absolute atomic E-state index is 0.0632. The highest BCUT2D eigenvalue weighted by molar-refractivity contribution is 6.31. The lowest BCUT2D eigenvalue weighted by molar-refractivity contribution is -0.131. The molecular formula is C17H16ClN3O3. The number of likely N-dealkylation sites (N-methyl/N-ethyl adjacent to an activating group) is 1. The van der Waals surface area contributed by atoms with Crippen LogP contribution in [0.1, 0.15) is 5.56 Å². The summed E-state index contributed by atoms with van der Waals surface area (Å²) in [5.41, 5.74) is 1.44. The molecule has 1 aromatic heterocycles. The molecule has 0 spiro atoms. The van der Waals surface area contributed by atoms with Crippen LogP contribution in [0.15, 0.2) is 42.7 Å². The van der Waals surface area contributed by atoms with E-state index in [1.165, 1.54) is 4.90 Å². The van der Waals surface area contributed by atoms with Crippen molar-refractivity contribution in [2.24, 2.45) is 0 Å². The molecule has 0 bridgehead atoms. The molecule has 1 aromatic carbocycles. The maximum Gasteiger partial charge on any atom is 0.265 e. The van der Waals surface area contributed by atoms with Crippen LogP contribution in [0.4, 0.5) is 5.69 Å². The molecule has 124 valence electrons. The number of hydrogen-bond donors (Lipinski definition) is 0. The van der Waals surface area contributed by atoms with E-state index in [1.54, 1.807) is 42.5 Å². The van der Waals surface area contributed by atoms with E-state index < -0.39 is 0 Å². The van der Waals surface area contributed by atoms with Crippen molar-refractivity contribution >= 4 is 29.1 Å². The Morgan fingerprint density at radius 2 is 2.25 bits per heavy atom. The van der Waals surface area contributed by atoms with E-state index in [0.717, 1.165) is 5.56 Å². The van der Waals surface area contributed by atoms with E-state index in [1.807, 2.05) is 12.1 Å². The SMILES string of the molecule is CN(Cc1cccnc1)C(=O)CN1C(=O)COc2ccc(Cl)cc21. The number of benzene rings is 1. The monoisotopic (exact) mass is 345 g/mol. The summed E-state index contributed by atoms with van der Waals surface area (Å²) in [6.45, 7) is 0.272. The van der Waals surface area contributed by atoms with Gasteiger partial charge in [0, 0.05) is 31.0 Å². The predicted molar refractivity (Wildman–Crippen MR) is 90.0 cm³/mol. The third kappa shape index (κ3) is 3.49. The molecule has 0 N–H and O–H groups in total. The van der Waals surface area contributed by atoms with Gasteiger partial charge in [0.2, 0.25) is 5.91 Å². The first-order valence-electron chi connectivity index (χ1n) is 7.40.